The van der Waals surface area contributed by atoms with Crippen LogP contribution in [0.5, 0.6) is 0 Å². The maximum absolute atomic E-state index is 13.3. The lowest BCUT2D eigenvalue weighted by molar-refractivity contribution is -0.124. The number of rotatable bonds is 6. The lowest BCUT2D eigenvalue weighted by Crippen LogP contribution is -2.34. The summed E-state index contributed by atoms with van der Waals surface area (Å²) in [5, 5.41) is 15.7. The van der Waals surface area contributed by atoms with Gasteiger partial charge >= 0.3 is 0 Å². The standard InChI is InChI=1S/C27H28N4O3S/c1-27(2,3)20-14-19(23(35-20)25(29)33)21(15-7-5-4-6-8-15)22(32)26(34)31-17-9-10-18-16(13-17)11-12-30-24(18)28/h4-14,21-22,32H,1-3H3,(H2,28,30)(H2,29,33)(H,31,34). The normalized spacial score (nSPS) is 13.4. The molecule has 0 saturated heterocycles. The van der Waals surface area contributed by atoms with Crippen LogP contribution >= 0.6 is 11.3 Å². The number of amides is 2. The van der Waals surface area contributed by atoms with Crippen molar-refractivity contribution < 1.29 is 14.7 Å². The van der Waals surface area contributed by atoms with Gasteiger partial charge in [-0.05, 0) is 52.3 Å². The average Bonchev–Trinajstić information content (AvgIpc) is 3.26. The molecule has 0 spiro atoms. The Morgan fingerprint density at radius 1 is 1.06 bits per heavy atom. The summed E-state index contributed by atoms with van der Waals surface area (Å²) >= 11 is 1.30. The summed E-state index contributed by atoms with van der Waals surface area (Å²) in [5.74, 6) is -1.57. The van der Waals surface area contributed by atoms with Gasteiger partial charge in [-0.3, -0.25) is 9.59 Å². The van der Waals surface area contributed by atoms with Crippen LogP contribution in [0.2, 0.25) is 0 Å². The van der Waals surface area contributed by atoms with Gasteiger partial charge < -0.3 is 21.9 Å². The number of thiophene rings is 1. The molecule has 2 amide bonds. The maximum atomic E-state index is 13.3. The van der Waals surface area contributed by atoms with Gasteiger partial charge in [0.05, 0.1) is 4.88 Å². The van der Waals surface area contributed by atoms with E-state index in [0.29, 0.717) is 27.5 Å². The van der Waals surface area contributed by atoms with Gasteiger partial charge in [-0.25, -0.2) is 4.98 Å². The van der Waals surface area contributed by atoms with Gasteiger partial charge in [0.15, 0.2) is 0 Å². The molecular weight excluding hydrogens is 460 g/mol. The predicted molar refractivity (Wildman–Crippen MR) is 141 cm³/mol. The Morgan fingerprint density at radius 2 is 1.77 bits per heavy atom. The maximum Gasteiger partial charge on any atom is 0.259 e. The van der Waals surface area contributed by atoms with Crippen LogP contribution in [0.3, 0.4) is 0 Å². The van der Waals surface area contributed by atoms with Crippen molar-refractivity contribution in [3.63, 3.8) is 0 Å². The minimum Gasteiger partial charge on any atom is -0.383 e. The zero-order chi connectivity index (χ0) is 25.3. The third-order valence-corrected chi connectivity index (χ3v) is 7.46. The van der Waals surface area contributed by atoms with E-state index < -0.39 is 23.8 Å². The molecule has 2 heterocycles. The molecule has 2 aromatic carbocycles. The molecule has 0 radical (unpaired) electrons. The number of hydrogen-bond donors (Lipinski definition) is 4. The van der Waals surface area contributed by atoms with Gasteiger partial charge in [0.1, 0.15) is 11.9 Å². The number of nitrogens with zero attached hydrogens (tertiary/aromatic N) is 1. The summed E-state index contributed by atoms with van der Waals surface area (Å²) in [6.07, 6.45) is 0.120. The van der Waals surface area contributed by atoms with Crippen molar-refractivity contribution in [2.24, 2.45) is 5.73 Å². The quantitative estimate of drug-likeness (QED) is 0.319. The molecule has 6 N–H and O–H groups in total. The van der Waals surface area contributed by atoms with E-state index in [9.17, 15) is 14.7 Å². The number of nitrogen functional groups attached to an aromatic ring is 1. The highest BCUT2D eigenvalue weighted by molar-refractivity contribution is 7.14. The summed E-state index contributed by atoms with van der Waals surface area (Å²) < 4.78 is 0. The van der Waals surface area contributed by atoms with E-state index in [1.807, 2.05) is 57.2 Å². The summed E-state index contributed by atoms with van der Waals surface area (Å²) in [4.78, 5) is 31.0. The first-order valence-corrected chi connectivity index (χ1v) is 12.0. The second-order valence-electron chi connectivity index (χ2n) is 9.46. The van der Waals surface area contributed by atoms with Crippen LogP contribution in [0.1, 0.15) is 52.4 Å². The van der Waals surface area contributed by atoms with Crippen molar-refractivity contribution in [1.29, 1.82) is 0 Å². The number of nitrogens with two attached hydrogens (primary N) is 2. The van der Waals surface area contributed by atoms with Gasteiger partial charge in [-0.15, -0.1) is 11.3 Å². The molecule has 180 valence electrons. The molecule has 35 heavy (non-hydrogen) atoms. The molecule has 0 bridgehead atoms. The average molecular weight is 489 g/mol. The molecule has 4 rings (SSSR count). The second-order valence-corrected chi connectivity index (χ2v) is 10.5. The topological polar surface area (TPSA) is 131 Å². The number of pyridine rings is 1. The van der Waals surface area contributed by atoms with Gasteiger partial charge in [-0.1, -0.05) is 51.1 Å². The fourth-order valence-electron chi connectivity index (χ4n) is 4.04. The van der Waals surface area contributed by atoms with Crippen molar-refractivity contribution in [3.8, 4) is 0 Å². The highest BCUT2D eigenvalue weighted by Gasteiger charge is 2.34. The second kappa shape index (κ2) is 9.48. The van der Waals surface area contributed by atoms with E-state index >= 15 is 0 Å². The Kier molecular flexibility index (Phi) is 6.60. The van der Waals surface area contributed by atoms with Gasteiger partial charge in [0, 0.05) is 28.1 Å². The molecule has 2 unspecified atom stereocenters. The number of nitrogens with one attached hydrogen (secondary N) is 1. The molecule has 8 heteroatoms. The van der Waals surface area contributed by atoms with Crippen LogP contribution in [0.15, 0.2) is 66.9 Å². The van der Waals surface area contributed by atoms with Gasteiger partial charge in [0.25, 0.3) is 11.8 Å². The van der Waals surface area contributed by atoms with Crippen LogP contribution in [0.4, 0.5) is 11.5 Å². The fourth-order valence-corrected chi connectivity index (χ4v) is 5.15. The lowest BCUT2D eigenvalue weighted by Gasteiger charge is -2.23. The van der Waals surface area contributed by atoms with Crippen LogP contribution in [0.25, 0.3) is 10.8 Å². The zero-order valence-corrected chi connectivity index (χ0v) is 20.6. The minimum absolute atomic E-state index is 0.233. The molecule has 4 aromatic rings. The molecule has 0 aliphatic rings. The van der Waals surface area contributed by atoms with Crippen LogP contribution in [-0.2, 0) is 10.2 Å². The SMILES string of the molecule is CC(C)(C)c1cc(C(c2ccccc2)C(O)C(=O)Nc2ccc3c(N)nccc3c2)c(C(N)=O)s1. The van der Waals surface area contributed by atoms with Crippen molar-refractivity contribution in [2.45, 2.75) is 38.2 Å². The van der Waals surface area contributed by atoms with Crippen LogP contribution in [0, 0.1) is 0 Å². The molecule has 0 fully saturated rings. The number of aliphatic hydroxyl groups is 1. The number of hydrogen-bond acceptors (Lipinski definition) is 6. The number of benzene rings is 2. The third-order valence-electron chi connectivity index (χ3n) is 5.86. The number of fused-ring (bicyclic) bond motifs is 1. The Morgan fingerprint density at radius 3 is 2.43 bits per heavy atom. The molecule has 2 atom stereocenters. The zero-order valence-electron chi connectivity index (χ0n) is 19.8. The predicted octanol–water partition coefficient (Wildman–Crippen LogP) is 4.41. The molecule has 0 aliphatic carbocycles. The summed E-state index contributed by atoms with van der Waals surface area (Å²) in [6.45, 7) is 6.11. The molecule has 0 saturated carbocycles. The number of carbonyl (C=O) groups is 2. The van der Waals surface area contributed by atoms with E-state index in [0.717, 1.165) is 15.6 Å². The lowest BCUT2D eigenvalue weighted by atomic mass is 9.84. The molecule has 2 aromatic heterocycles. The Balaban J connectivity index is 1.73. The summed E-state index contributed by atoms with van der Waals surface area (Å²) in [7, 11) is 0. The molecule has 0 aliphatic heterocycles. The van der Waals surface area contributed by atoms with Gasteiger partial charge in [-0.2, -0.15) is 0 Å². The summed E-state index contributed by atoms with van der Waals surface area (Å²) in [6, 6.07) is 18.1. The number of carbonyl (C=O) groups excluding carboxylic acids is 2. The Labute approximate surface area is 207 Å². The third kappa shape index (κ3) is 5.03. The van der Waals surface area contributed by atoms with E-state index in [2.05, 4.69) is 10.3 Å². The smallest absolute Gasteiger partial charge is 0.259 e. The van der Waals surface area contributed by atoms with Crippen LogP contribution < -0.4 is 16.8 Å². The number of aliphatic hydroxyl groups excluding tert-OH is 1. The fraction of sp³-hybridized carbons (Fsp3) is 0.222. The summed E-state index contributed by atoms with van der Waals surface area (Å²) in [5.41, 5.74) is 13.2. The number of aromatic nitrogens is 1. The van der Waals surface area contributed by atoms with E-state index in [1.54, 1.807) is 30.5 Å². The van der Waals surface area contributed by atoms with Crippen molar-refractivity contribution in [1.82, 2.24) is 4.98 Å². The van der Waals surface area contributed by atoms with Crippen molar-refractivity contribution >= 4 is 45.4 Å². The largest absolute Gasteiger partial charge is 0.383 e. The first-order valence-electron chi connectivity index (χ1n) is 11.2. The highest BCUT2D eigenvalue weighted by Crippen LogP contribution is 2.39. The Hall–Kier alpha value is -3.75. The van der Waals surface area contributed by atoms with Gasteiger partial charge in [0.2, 0.25) is 0 Å². The monoisotopic (exact) mass is 488 g/mol. The first kappa shape index (κ1) is 24.4. The number of primary amides is 1. The van der Waals surface area contributed by atoms with E-state index in [-0.39, 0.29) is 5.41 Å². The molecular formula is C27H28N4O3S. The minimum atomic E-state index is -1.48. The highest BCUT2D eigenvalue weighted by atomic mass is 32.1. The van der Waals surface area contributed by atoms with E-state index in [4.69, 9.17) is 11.5 Å². The Bertz CT molecular complexity index is 1390. The van der Waals surface area contributed by atoms with Crippen molar-refractivity contribution in [2.75, 3.05) is 11.1 Å². The van der Waals surface area contributed by atoms with Crippen molar-refractivity contribution in [3.05, 3.63) is 87.7 Å². The van der Waals surface area contributed by atoms with Crippen LogP contribution in [-0.4, -0.2) is 28.0 Å². The van der Waals surface area contributed by atoms with E-state index in [1.165, 1.54) is 11.3 Å². The number of anilines is 2. The molecule has 7 nitrogen and oxygen atoms in total. The first-order chi connectivity index (χ1) is 16.6.